The van der Waals surface area contributed by atoms with Crippen molar-refractivity contribution < 1.29 is 0 Å². The molecule has 1 fully saturated rings. The molecule has 1 unspecified atom stereocenters. The molecule has 0 nitrogen and oxygen atoms in total. The summed E-state index contributed by atoms with van der Waals surface area (Å²) in [5.41, 5.74) is 0. The molecule has 0 aromatic rings. The molecule has 0 aromatic carbocycles. The molecule has 0 heteroatoms. The lowest BCUT2D eigenvalue weighted by Gasteiger charge is -2.10. The number of allylic oxidation sites excluding steroid dienone is 1. The minimum atomic E-state index is 0.775. The largest absolute Gasteiger partial charge is 0.103 e. The molecule has 0 heterocycles. The Kier molecular flexibility index (Phi) is 6.80. The van der Waals surface area contributed by atoms with E-state index in [9.17, 15) is 0 Å². The van der Waals surface area contributed by atoms with Crippen molar-refractivity contribution in [3.63, 3.8) is 0 Å². The third-order valence-electron chi connectivity index (χ3n) is 4.02. The van der Waals surface area contributed by atoms with E-state index >= 15 is 0 Å². The number of rotatable bonds is 8. The topological polar surface area (TPSA) is 0 Å². The zero-order chi connectivity index (χ0) is 10.9. The van der Waals surface area contributed by atoms with E-state index in [0.717, 1.165) is 11.8 Å². The maximum atomic E-state index is 3.89. The van der Waals surface area contributed by atoms with Crippen LogP contribution in [-0.2, 0) is 0 Å². The maximum Gasteiger partial charge on any atom is -0.0239 e. The highest BCUT2D eigenvalue weighted by atomic mass is 14.2. The van der Waals surface area contributed by atoms with Crippen molar-refractivity contribution in [3.8, 4) is 0 Å². The van der Waals surface area contributed by atoms with E-state index in [1.54, 1.807) is 0 Å². The first-order valence-electron chi connectivity index (χ1n) is 6.99. The van der Waals surface area contributed by atoms with Crippen LogP contribution in [0.2, 0.25) is 0 Å². The van der Waals surface area contributed by atoms with Crippen molar-refractivity contribution in [2.24, 2.45) is 11.8 Å². The van der Waals surface area contributed by atoms with Gasteiger partial charge in [-0.25, -0.2) is 0 Å². The van der Waals surface area contributed by atoms with Gasteiger partial charge in [-0.15, -0.1) is 6.58 Å². The molecule has 1 aliphatic rings. The molecule has 0 bridgehead atoms. The number of unbranched alkanes of at least 4 members (excludes halogenated alkanes) is 2. The standard InChI is InChI=1S/C15H28/c1-3-14(4-2)10-6-5-7-11-15-12-8-9-13-15/h3,14-15H,1,4-13H2,2H3. The molecule has 88 valence electrons. The molecule has 1 saturated carbocycles. The Morgan fingerprint density at radius 1 is 1.20 bits per heavy atom. The van der Waals surface area contributed by atoms with E-state index < -0.39 is 0 Å². The molecule has 0 radical (unpaired) electrons. The SMILES string of the molecule is C=CC(CC)CCCCCC1CCCC1. The third-order valence-corrected chi connectivity index (χ3v) is 4.02. The summed E-state index contributed by atoms with van der Waals surface area (Å²) in [6.45, 7) is 6.16. The van der Waals surface area contributed by atoms with Crippen LogP contribution in [0.4, 0.5) is 0 Å². The summed E-state index contributed by atoms with van der Waals surface area (Å²) in [6, 6.07) is 0. The number of hydrogen-bond acceptors (Lipinski definition) is 0. The van der Waals surface area contributed by atoms with Gasteiger partial charge >= 0.3 is 0 Å². The fraction of sp³-hybridized carbons (Fsp3) is 0.867. The van der Waals surface area contributed by atoms with E-state index in [0.29, 0.717) is 0 Å². The summed E-state index contributed by atoms with van der Waals surface area (Å²) in [5, 5.41) is 0. The van der Waals surface area contributed by atoms with E-state index in [-0.39, 0.29) is 0 Å². The molecule has 0 aliphatic heterocycles. The fourth-order valence-electron chi connectivity index (χ4n) is 2.80. The molecule has 15 heavy (non-hydrogen) atoms. The highest BCUT2D eigenvalue weighted by molar-refractivity contribution is 4.77. The Bertz CT molecular complexity index is 153. The highest BCUT2D eigenvalue weighted by Crippen LogP contribution is 2.29. The van der Waals surface area contributed by atoms with Gasteiger partial charge in [-0.05, 0) is 24.7 Å². The Balaban J connectivity index is 1.89. The van der Waals surface area contributed by atoms with Gasteiger partial charge in [0.05, 0.1) is 0 Å². The van der Waals surface area contributed by atoms with Crippen molar-refractivity contribution in [2.45, 2.75) is 71.1 Å². The summed E-state index contributed by atoms with van der Waals surface area (Å²) in [7, 11) is 0. The van der Waals surface area contributed by atoms with Crippen LogP contribution in [0.1, 0.15) is 71.1 Å². The van der Waals surface area contributed by atoms with Crippen molar-refractivity contribution >= 4 is 0 Å². The molecule has 0 N–H and O–H groups in total. The molecule has 1 rings (SSSR count). The first-order valence-corrected chi connectivity index (χ1v) is 6.99. The van der Waals surface area contributed by atoms with Gasteiger partial charge in [0, 0.05) is 0 Å². The van der Waals surface area contributed by atoms with Crippen LogP contribution in [0.5, 0.6) is 0 Å². The average molecular weight is 208 g/mol. The third kappa shape index (κ3) is 5.39. The van der Waals surface area contributed by atoms with Gasteiger partial charge in [-0.2, -0.15) is 0 Å². The Morgan fingerprint density at radius 2 is 1.93 bits per heavy atom. The summed E-state index contributed by atoms with van der Waals surface area (Å²) >= 11 is 0. The van der Waals surface area contributed by atoms with E-state index in [4.69, 9.17) is 0 Å². The van der Waals surface area contributed by atoms with Gasteiger partial charge in [-0.3, -0.25) is 0 Å². The second-order valence-electron chi connectivity index (χ2n) is 5.19. The molecular formula is C15H28. The predicted octanol–water partition coefficient (Wildman–Crippen LogP) is 5.34. The molecule has 0 amide bonds. The van der Waals surface area contributed by atoms with Crippen molar-refractivity contribution in [1.29, 1.82) is 0 Å². The monoisotopic (exact) mass is 208 g/mol. The van der Waals surface area contributed by atoms with Crippen molar-refractivity contribution in [2.75, 3.05) is 0 Å². The van der Waals surface area contributed by atoms with Crippen LogP contribution < -0.4 is 0 Å². The summed E-state index contributed by atoms with van der Waals surface area (Å²) in [6.07, 6.45) is 16.6. The highest BCUT2D eigenvalue weighted by Gasteiger charge is 2.13. The molecular weight excluding hydrogens is 180 g/mol. The van der Waals surface area contributed by atoms with Crippen LogP contribution in [0.25, 0.3) is 0 Å². The zero-order valence-corrected chi connectivity index (χ0v) is 10.5. The van der Waals surface area contributed by atoms with E-state index in [1.807, 2.05) is 0 Å². The molecule has 0 spiro atoms. The summed E-state index contributed by atoms with van der Waals surface area (Å²) in [5.74, 6) is 1.86. The van der Waals surface area contributed by atoms with Gasteiger partial charge in [0.1, 0.15) is 0 Å². The quantitative estimate of drug-likeness (QED) is 0.373. The van der Waals surface area contributed by atoms with E-state index in [1.165, 1.54) is 64.2 Å². The van der Waals surface area contributed by atoms with Crippen molar-refractivity contribution in [1.82, 2.24) is 0 Å². The molecule has 1 atom stereocenters. The lowest BCUT2D eigenvalue weighted by Crippen LogP contribution is -1.95. The van der Waals surface area contributed by atoms with Gasteiger partial charge in [0.25, 0.3) is 0 Å². The summed E-state index contributed by atoms with van der Waals surface area (Å²) in [4.78, 5) is 0. The summed E-state index contributed by atoms with van der Waals surface area (Å²) < 4.78 is 0. The fourth-order valence-corrected chi connectivity index (χ4v) is 2.80. The minimum Gasteiger partial charge on any atom is -0.103 e. The van der Waals surface area contributed by atoms with Crippen LogP contribution in [0.15, 0.2) is 12.7 Å². The molecule has 1 aliphatic carbocycles. The molecule has 0 saturated heterocycles. The average Bonchev–Trinajstić information content (AvgIpc) is 2.76. The predicted molar refractivity (Wildman–Crippen MR) is 69.0 cm³/mol. The first kappa shape index (κ1) is 12.8. The Hall–Kier alpha value is -0.260. The van der Waals surface area contributed by atoms with Crippen LogP contribution in [0.3, 0.4) is 0 Å². The lowest BCUT2D eigenvalue weighted by atomic mass is 9.96. The van der Waals surface area contributed by atoms with Crippen molar-refractivity contribution in [3.05, 3.63) is 12.7 Å². The molecule has 0 aromatic heterocycles. The first-order chi connectivity index (χ1) is 7.36. The normalized spacial score (nSPS) is 19.3. The van der Waals surface area contributed by atoms with E-state index in [2.05, 4.69) is 19.6 Å². The zero-order valence-electron chi connectivity index (χ0n) is 10.5. The van der Waals surface area contributed by atoms with Crippen LogP contribution in [0, 0.1) is 11.8 Å². The van der Waals surface area contributed by atoms with Gasteiger partial charge in [0.15, 0.2) is 0 Å². The second kappa shape index (κ2) is 7.96. The Morgan fingerprint density at radius 3 is 2.53 bits per heavy atom. The maximum absolute atomic E-state index is 3.89. The smallest absolute Gasteiger partial charge is 0.0239 e. The Labute approximate surface area is 96.2 Å². The van der Waals surface area contributed by atoms with Crippen LogP contribution in [-0.4, -0.2) is 0 Å². The van der Waals surface area contributed by atoms with Gasteiger partial charge in [0.2, 0.25) is 0 Å². The van der Waals surface area contributed by atoms with Crippen LogP contribution >= 0.6 is 0 Å². The minimum absolute atomic E-state index is 0.775. The van der Waals surface area contributed by atoms with Gasteiger partial charge < -0.3 is 0 Å². The van der Waals surface area contributed by atoms with Gasteiger partial charge in [-0.1, -0.05) is 64.4 Å². The number of hydrogen-bond donors (Lipinski definition) is 0. The second-order valence-corrected chi connectivity index (χ2v) is 5.19. The lowest BCUT2D eigenvalue weighted by molar-refractivity contribution is 0.450.